The normalized spacial score (nSPS) is 11.6. The van der Waals surface area contributed by atoms with Crippen LogP contribution in [0.5, 0.6) is 0 Å². The molecule has 0 spiro atoms. The van der Waals surface area contributed by atoms with Gasteiger partial charge < -0.3 is 10.5 Å². The standard InChI is InChI=1S/C7H10INO2/c1-2-3-6(4-5-8)11-7(9)10/h1,6H,3-5H2,(H2,9,10). The first-order chi connectivity index (χ1) is 5.20. The van der Waals surface area contributed by atoms with E-state index in [1.807, 2.05) is 0 Å². The molecule has 0 aromatic rings. The zero-order valence-electron chi connectivity index (χ0n) is 6.05. The van der Waals surface area contributed by atoms with Crippen molar-refractivity contribution in [3.63, 3.8) is 0 Å². The lowest BCUT2D eigenvalue weighted by Crippen LogP contribution is -2.22. The van der Waals surface area contributed by atoms with E-state index in [1.165, 1.54) is 0 Å². The lowest BCUT2D eigenvalue weighted by Gasteiger charge is -2.11. The van der Waals surface area contributed by atoms with Crippen LogP contribution in [-0.2, 0) is 4.74 Å². The summed E-state index contributed by atoms with van der Waals surface area (Å²) in [5.74, 6) is 2.42. The van der Waals surface area contributed by atoms with Crippen LogP contribution >= 0.6 is 22.6 Å². The number of primary amides is 1. The summed E-state index contributed by atoms with van der Waals surface area (Å²) in [7, 11) is 0. The third kappa shape index (κ3) is 5.98. The number of carbonyl (C=O) groups is 1. The van der Waals surface area contributed by atoms with Crippen LogP contribution in [0.25, 0.3) is 0 Å². The van der Waals surface area contributed by atoms with Crippen molar-refractivity contribution in [2.45, 2.75) is 18.9 Å². The molecule has 0 rings (SSSR count). The number of ether oxygens (including phenoxy) is 1. The van der Waals surface area contributed by atoms with Gasteiger partial charge in [-0.05, 0) is 6.42 Å². The van der Waals surface area contributed by atoms with Crippen molar-refractivity contribution in [3.05, 3.63) is 0 Å². The second-order valence-electron chi connectivity index (χ2n) is 1.94. The number of carbonyl (C=O) groups excluding carboxylic acids is 1. The Kier molecular flexibility index (Phi) is 6.03. The molecule has 0 saturated carbocycles. The third-order valence-corrected chi connectivity index (χ3v) is 1.68. The second-order valence-corrected chi connectivity index (χ2v) is 3.02. The van der Waals surface area contributed by atoms with Gasteiger partial charge in [-0.25, -0.2) is 4.79 Å². The molecule has 0 heterocycles. The third-order valence-electron chi connectivity index (χ3n) is 1.06. The topological polar surface area (TPSA) is 52.3 Å². The Balaban J connectivity index is 3.70. The van der Waals surface area contributed by atoms with Crippen molar-refractivity contribution in [2.24, 2.45) is 5.73 Å². The maximum atomic E-state index is 10.3. The van der Waals surface area contributed by atoms with Crippen LogP contribution < -0.4 is 5.73 Å². The second kappa shape index (κ2) is 6.28. The predicted molar refractivity (Wildman–Crippen MR) is 51.4 cm³/mol. The average molecular weight is 267 g/mol. The SMILES string of the molecule is C#CCC(CCI)OC(N)=O. The number of terminal acetylenes is 1. The van der Waals surface area contributed by atoms with Gasteiger partial charge in [0.2, 0.25) is 0 Å². The molecule has 1 amide bonds. The maximum Gasteiger partial charge on any atom is 0.404 e. The highest BCUT2D eigenvalue weighted by atomic mass is 127. The van der Waals surface area contributed by atoms with E-state index >= 15 is 0 Å². The molecule has 3 nitrogen and oxygen atoms in total. The summed E-state index contributed by atoms with van der Waals surface area (Å²) < 4.78 is 5.62. The van der Waals surface area contributed by atoms with Crippen molar-refractivity contribution in [2.75, 3.05) is 4.43 Å². The Hall–Kier alpha value is -0.440. The van der Waals surface area contributed by atoms with E-state index in [-0.39, 0.29) is 6.10 Å². The molecule has 1 unspecified atom stereocenters. The molecule has 4 heteroatoms. The van der Waals surface area contributed by atoms with Crippen LogP contribution in [-0.4, -0.2) is 16.6 Å². The molecule has 0 aliphatic rings. The van der Waals surface area contributed by atoms with Crippen molar-refractivity contribution in [3.8, 4) is 12.3 Å². The fourth-order valence-electron chi connectivity index (χ4n) is 0.620. The Morgan fingerprint density at radius 3 is 2.82 bits per heavy atom. The van der Waals surface area contributed by atoms with Crippen LogP contribution in [0, 0.1) is 12.3 Å². The predicted octanol–water partition coefficient (Wildman–Crippen LogP) is 1.30. The molecule has 62 valence electrons. The van der Waals surface area contributed by atoms with Crippen LogP contribution in [0.15, 0.2) is 0 Å². The largest absolute Gasteiger partial charge is 0.445 e. The van der Waals surface area contributed by atoms with E-state index in [2.05, 4.69) is 28.5 Å². The Morgan fingerprint density at radius 1 is 1.82 bits per heavy atom. The summed E-state index contributed by atoms with van der Waals surface area (Å²) in [6, 6.07) is 0. The molecule has 0 fully saturated rings. The first kappa shape index (κ1) is 10.6. The number of hydrogen-bond acceptors (Lipinski definition) is 2. The highest BCUT2D eigenvalue weighted by Gasteiger charge is 2.09. The molecule has 0 aliphatic carbocycles. The van der Waals surface area contributed by atoms with Gasteiger partial charge in [-0.1, -0.05) is 22.6 Å². The highest BCUT2D eigenvalue weighted by molar-refractivity contribution is 14.1. The number of halogens is 1. The number of alkyl halides is 1. The van der Waals surface area contributed by atoms with Crippen molar-refractivity contribution < 1.29 is 9.53 Å². The summed E-state index contributed by atoms with van der Waals surface area (Å²) in [5.41, 5.74) is 4.82. The fourth-order valence-corrected chi connectivity index (χ4v) is 1.31. The van der Waals surface area contributed by atoms with Crippen molar-refractivity contribution in [1.29, 1.82) is 0 Å². The van der Waals surface area contributed by atoms with E-state index < -0.39 is 6.09 Å². The van der Waals surface area contributed by atoms with Gasteiger partial charge in [0.15, 0.2) is 0 Å². The van der Waals surface area contributed by atoms with Crippen LogP contribution in [0.2, 0.25) is 0 Å². The number of nitrogens with two attached hydrogens (primary N) is 1. The smallest absolute Gasteiger partial charge is 0.404 e. The molecular formula is C7H10INO2. The first-order valence-electron chi connectivity index (χ1n) is 3.16. The molecule has 0 aromatic carbocycles. The van der Waals surface area contributed by atoms with Crippen LogP contribution in [0.1, 0.15) is 12.8 Å². The summed E-state index contributed by atoms with van der Waals surface area (Å²) in [6.07, 6.45) is 5.28. The minimum Gasteiger partial charge on any atom is -0.445 e. The highest BCUT2D eigenvalue weighted by Crippen LogP contribution is 2.05. The zero-order chi connectivity index (χ0) is 8.69. The van der Waals surface area contributed by atoms with Gasteiger partial charge in [0.05, 0.1) is 0 Å². The zero-order valence-corrected chi connectivity index (χ0v) is 8.21. The molecule has 0 aromatic heterocycles. The van der Waals surface area contributed by atoms with Gasteiger partial charge in [-0.2, -0.15) is 0 Å². The summed E-state index contributed by atoms with van der Waals surface area (Å²) in [6.45, 7) is 0. The van der Waals surface area contributed by atoms with Crippen LogP contribution in [0.3, 0.4) is 0 Å². The van der Waals surface area contributed by atoms with Gasteiger partial charge in [0.1, 0.15) is 6.10 Å². The average Bonchev–Trinajstić information content (AvgIpc) is 1.87. The number of hydrogen-bond donors (Lipinski definition) is 1. The summed E-state index contributed by atoms with van der Waals surface area (Å²) in [4.78, 5) is 10.3. The number of rotatable bonds is 4. The molecule has 1 atom stereocenters. The van der Waals surface area contributed by atoms with Gasteiger partial charge in [-0.15, -0.1) is 12.3 Å². The van der Waals surface area contributed by atoms with E-state index in [0.29, 0.717) is 6.42 Å². The minimum absolute atomic E-state index is 0.214. The van der Waals surface area contributed by atoms with Gasteiger partial charge in [0.25, 0.3) is 0 Å². The van der Waals surface area contributed by atoms with E-state index in [9.17, 15) is 4.79 Å². The van der Waals surface area contributed by atoms with E-state index in [4.69, 9.17) is 16.9 Å². The van der Waals surface area contributed by atoms with Crippen LogP contribution in [0.4, 0.5) is 4.79 Å². The Labute approximate surface area is 79.8 Å². The molecule has 0 saturated heterocycles. The molecule has 11 heavy (non-hydrogen) atoms. The van der Waals surface area contributed by atoms with E-state index in [0.717, 1.165) is 10.8 Å². The number of amides is 1. The van der Waals surface area contributed by atoms with Gasteiger partial charge in [-0.3, -0.25) is 0 Å². The molecule has 2 N–H and O–H groups in total. The lowest BCUT2D eigenvalue weighted by molar-refractivity contribution is 0.108. The summed E-state index contributed by atoms with van der Waals surface area (Å²) >= 11 is 2.19. The minimum atomic E-state index is -0.755. The monoisotopic (exact) mass is 267 g/mol. The Morgan fingerprint density at radius 2 is 2.45 bits per heavy atom. The van der Waals surface area contributed by atoms with Gasteiger partial charge >= 0.3 is 6.09 Å². The summed E-state index contributed by atoms with van der Waals surface area (Å²) in [5, 5.41) is 0. The fraction of sp³-hybridized carbons (Fsp3) is 0.571. The van der Waals surface area contributed by atoms with Crippen molar-refractivity contribution in [1.82, 2.24) is 0 Å². The lowest BCUT2D eigenvalue weighted by atomic mass is 10.2. The molecule has 0 bridgehead atoms. The quantitative estimate of drug-likeness (QED) is 0.474. The van der Waals surface area contributed by atoms with E-state index in [1.54, 1.807) is 0 Å². The first-order valence-corrected chi connectivity index (χ1v) is 4.68. The molecule has 0 aliphatic heterocycles. The maximum absolute atomic E-state index is 10.3. The molecule has 0 radical (unpaired) electrons. The van der Waals surface area contributed by atoms with Crippen molar-refractivity contribution >= 4 is 28.7 Å². The van der Waals surface area contributed by atoms with Gasteiger partial charge in [0, 0.05) is 10.8 Å². The Bertz CT molecular complexity index is 164. The molecular weight excluding hydrogens is 257 g/mol.